The Hall–Kier alpha value is -1.78. The highest BCUT2D eigenvalue weighted by Gasteiger charge is 2.22. The molecule has 0 aromatic carbocycles. The van der Waals surface area contributed by atoms with Gasteiger partial charge in [-0.2, -0.15) is 5.10 Å². The number of aryl methyl sites for hydroxylation is 1. The van der Waals surface area contributed by atoms with Crippen LogP contribution in [0.1, 0.15) is 22.5 Å². The third kappa shape index (κ3) is 1.72. The van der Waals surface area contributed by atoms with Crippen molar-refractivity contribution in [3.05, 3.63) is 23.4 Å². The fraction of sp³-hybridized carbons (Fsp3) is 0.400. The van der Waals surface area contributed by atoms with Crippen LogP contribution in [0.4, 0.5) is 5.82 Å². The van der Waals surface area contributed by atoms with Gasteiger partial charge in [0.1, 0.15) is 5.56 Å². The molecule has 0 saturated carbocycles. The first-order valence-electron chi connectivity index (χ1n) is 4.95. The van der Waals surface area contributed by atoms with E-state index in [4.69, 9.17) is 5.73 Å². The number of anilines is 1. The van der Waals surface area contributed by atoms with Gasteiger partial charge in [-0.05, 0) is 13.3 Å². The van der Waals surface area contributed by atoms with Gasteiger partial charge in [0, 0.05) is 18.8 Å². The summed E-state index contributed by atoms with van der Waals surface area (Å²) in [6, 6.07) is 0. The maximum atomic E-state index is 12.1. The van der Waals surface area contributed by atoms with Crippen molar-refractivity contribution in [1.82, 2.24) is 15.1 Å². The molecule has 0 fully saturated rings. The lowest BCUT2D eigenvalue weighted by atomic mass is 10.1. The summed E-state index contributed by atoms with van der Waals surface area (Å²) in [4.78, 5) is 13.8. The Kier molecular flexibility index (Phi) is 2.45. The first-order valence-corrected chi connectivity index (χ1v) is 4.95. The monoisotopic (exact) mass is 206 g/mol. The normalized spacial score (nSPS) is 15.7. The van der Waals surface area contributed by atoms with Crippen molar-refractivity contribution in [3.63, 3.8) is 0 Å². The van der Waals surface area contributed by atoms with E-state index in [1.807, 2.05) is 6.08 Å². The molecule has 2 heterocycles. The fourth-order valence-electron chi connectivity index (χ4n) is 1.70. The molecular weight excluding hydrogens is 192 g/mol. The van der Waals surface area contributed by atoms with Gasteiger partial charge < -0.3 is 10.6 Å². The third-order valence-electron chi connectivity index (χ3n) is 2.53. The lowest BCUT2D eigenvalue weighted by molar-refractivity contribution is 0.0771. The Morgan fingerprint density at radius 2 is 2.40 bits per heavy atom. The summed E-state index contributed by atoms with van der Waals surface area (Å²) in [5, 5.41) is 6.54. The van der Waals surface area contributed by atoms with Gasteiger partial charge in [0.15, 0.2) is 5.82 Å². The Labute approximate surface area is 87.9 Å². The number of nitrogens with one attached hydrogen (secondary N) is 1. The third-order valence-corrected chi connectivity index (χ3v) is 2.53. The number of aromatic amines is 1. The zero-order valence-corrected chi connectivity index (χ0v) is 8.66. The Bertz CT molecular complexity index is 388. The van der Waals surface area contributed by atoms with Crippen LogP contribution in [0.25, 0.3) is 0 Å². The molecule has 15 heavy (non-hydrogen) atoms. The van der Waals surface area contributed by atoms with E-state index in [9.17, 15) is 4.79 Å². The topological polar surface area (TPSA) is 75.0 Å². The minimum Gasteiger partial charge on any atom is -0.382 e. The minimum atomic E-state index is -0.0388. The molecule has 1 aliphatic heterocycles. The van der Waals surface area contributed by atoms with Crippen LogP contribution in [0, 0.1) is 6.92 Å². The van der Waals surface area contributed by atoms with Gasteiger partial charge in [-0.15, -0.1) is 0 Å². The van der Waals surface area contributed by atoms with Gasteiger partial charge in [-0.1, -0.05) is 12.2 Å². The van der Waals surface area contributed by atoms with Crippen LogP contribution in [-0.4, -0.2) is 34.1 Å². The van der Waals surface area contributed by atoms with Crippen LogP contribution in [-0.2, 0) is 0 Å². The van der Waals surface area contributed by atoms with Gasteiger partial charge >= 0.3 is 0 Å². The second kappa shape index (κ2) is 3.76. The SMILES string of the molecule is Cc1[nH]nc(N)c1C(=O)N1CC=CCC1. The molecular formula is C10H14N4O. The highest BCUT2D eigenvalue weighted by atomic mass is 16.2. The van der Waals surface area contributed by atoms with Gasteiger partial charge in [0.2, 0.25) is 0 Å². The van der Waals surface area contributed by atoms with Crippen molar-refractivity contribution in [2.24, 2.45) is 0 Å². The Balaban J connectivity index is 2.24. The summed E-state index contributed by atoms with van der Waals surface area (Å²) in [7, 11) is 0. The number of aromatic nitrogens is 2. The molecule has 1 aromatic heterocycles. The van der Waals surface area contributed by atoms with Crippen LogP contribution in [0.3, 0.4) is 0 Å². The molecule has 3 N–H and O–H groups in total. The lowest BCUT2D eigenvalue weighted by Gasteiger charge is -2.23. The highest BCUT2D eigenvalue weighted by molar-refractivity contribution is 5.99. The van der Waals surface area contributed by atoms with Gasteiger partial charge in [0.25, 0.3) is 5.91 Å². The number of amides is 1. The number of carbonyl (C=O) groups is 1. The Morgan fingerprint density at radius 1 is 1.60 bits per heavy atom. The van der Waals surface area contributed by atoms with E-state index < -0.39 is 0 Å². The second-order valence-corrected chi connectivity index (χ2v) is 3.62. The summed E-state index contributed by atoms with van der Waals surface area (Å²) in [6.07, 6.45) is 4.98. The molecule has 0 unspecified atom stereocenters. The number of hydrogen-bond acceptors (Lipinski definition) is 3. The molecule has 80 valence electrons. The van der Waals surface area contributed by atoms with Crippen molar-refractivity contribution in [3.8, 4) is 0 Å². The fourth-order valence-corrected chi connectivity index (χ4v) is 1.70. The van der Waals surface area contributed by atoms with Gasteiger partial charge in [0.05, 0.1) is 0 Å². The van der Waals surface area contributed by atoms with Crippen LogP contribution in [0.15, 0.2) is 12.2 Å². The second-order valence-electron chi connectivity index (χ2n) is 3.62. The average Bonchev–Trinajstić information content (AvgIpc) is 2.59. The average molecular weight is 206 g/mol. The Morgan fingerprint density at radius 3 is 2.93 bits per heavy atom. The van der Waals surface area contributed by atoms with Crippen LogP contribution in [0.2, 0.25) is 0 Å². The molecule has 1 aromatic rings. The maximum absolute atomic E-state index is 12.1. The maximum Gasteiger partial charge on any atom is 0.259 e. The van der Waals surface area contributed by atoms with Gasteiger partial charge in [-0.3, -0.25) is 9.89 Å². The van der Waals surface area contributed by atoms with Crippen molar-refractivity contribution < 1.29 is 4.79 Å². The molecule has 0 bridgehead atoms. The zero-order valence-electron chi connectivity index (χ0n) is 8.66. The molecule has 5 heteroatoms. The summed E-state index contributed by atoms with van der Waals surface area (Å²) < 4.78 is 0. The quantitative estimate of drug-likeness (QED) is 0.664. The van der Waals surface area contributed by atoms with E-state index in [0.717, 1.165) is 18.7 Å². The highest BCUT2D eigenvalue weighted by Crippen LogP contribution is 2.16. The van der Waals surface area contributed by atoms with E-state index >= 15 is 0 Å². The summed E-state index contributed by atoms with van der Waals surface area (Å²) >= 11 is 0. The molecule has 0 aliphatic carbocycles. The number of nitrogen functional groups attached to an aromatic ring is 1. The van der Waals surface area contributed by atoms with Crippen molar-refractivity contribution in [2.45, 2.75) is 13.3 Å². The molecule has 5 nitrogen and oxygen atoms in total. The van der Waals surface area contributed by atoms with E-state index in [2.05, 4.69) is 16.3 Å². The van der Waals surface area contributed by atoms with E-state index in [1.54, 1.807) is 11.8 Å². The summed E-state index contributed by atoms with van der Waals surface area (Å²) in [6.45, 7) is 3.21. The number of hydrogen-bond donors (Lipinski definition) is 2. The van der Waals surface area contributed by atoms with Gasteiger partial charge in [-0.25, -0.2) is 0 Å². The number of carbonyl (C=O) groups excluding carboxylic acids is 1. The van der Waals surface area contributed by atoms with E-state index in [-0.39, 0.29) is 11.7 Å². The molecule has 0 spiro atoms. The number of H-pyrrole nitrogens is 1. The number of nitrogens with zero attached hydrogens (tertiary/aromatic N) is 2. The molecule has 0 radical (unpaired) electrons. The first kappa shape index (κ1) is 9.76. The summed E-state index contributed by atoms with van der Waals surface area (Å²) in [5.41, 5.74) is 6.87. The number of nitrogens with two attached hydrogens (primary N) is 1. The summed E-state index contributed by atoms with van der Waals surface area (Å²) in [5.74, 6) is 0.246. The molecule has 1 aliphatic rings. The van der Waals surface area contributed by atoms with Crippen LogP contribution >= 0.6 is 0 Å². The van der Waals surface area contributed by atoms with Crippen molar-refractivity contribution in [1.29, 1.82) is 0 Å². The first-order chi connectivity index (χ1) is 7.20. The van der Waals surface area contributed by atoms with Crippen LogP contribution in [0.5, 0.6) is 0 Å². The molecule has 2 rings (SSSR count). The predicted octanol–water partition coefficient (Wildman–Crippen LogP) is 0.702. The van der Waals surface area contributed by atoms with Crippen molar-refractivity contribution in [2.75, 3.05) is 18.8 Å². The number of rotatable bonds is 1. The predicted molar refractivity (Wildman–Crippen MR) is 57.4 cm³/mol. The molecule has 1 amide bonds. The van der Waals surface area contributed by atoms with Crippen LogP contribution < -0.4 is 5.73 Å². The minimum absolute atomic E-state index is 0.0388. The van der Waals surface area contributed by atoms with Crippen molar-refractivity contribution >= 4 is 11.7 Å². The van der Waals surface area contributed by atoms with E-state index in [1.165, 1.54) is 0 Å². The van der Waals surface area contributed by atoms with E-state index in [0.29, 0.717) is 12.1 Å². The largest absolute Gasteiger partial charge is 0.382 e. The smallest absolute Gasteiger partial charge is 0.259 e. The standard InChI is InChI=1S/C10H14N4O/c1-7-8(9(11)13-12-7)10(15)14-5-3-2-4-6-14/h2-3H,4-6H2,1H3,(H3,11,12,13). The lowest BCUT2D eigenvalue weighted by Crippen LogP contribution is -2.34. The molecule has 0 atom stereocenters. The zero-order chi connectivity index (χ0) is 10.8. The molecule has 0 saturated heterocycles.